The third kappa shape index (κ3) is 13.4. The topological polar surface area (TPSA) is 15.4 Å². The summed E-state index contributed by atoms with van der Waals surface area (Å²) >= 11 is 5.90. The van der Waals surface area contributed by atoms with Crippen LogP contribution < -0.4 is 0 Å². The molecule has 0 aliphatic rings. The van der Waals surface area contributed by atoms with Crippen LogP contribution in [-0.4, -0.2) is 15.1 Å². The summed E-state index contributed by atoms with van der Waals surface area (Å²) < 4.78 is 2.13. The molecule has 0 amide bonds. The van der Waals surface area contributed by atoms with Crippen LogP contribution >= 0.6 is 0 Å². The Morgan fingerprint density at radius 1 is 0.535 bits per heavy atom. The second kappa shape index (κ2) is 22.7. The van der Waals surface area contributed by atoms with Crippen molar-refractivity contribution in [3.05, 3.63) is 58.7 Å². The van der Waals surface area contributed by atoms with Crippen LogP contribution in [0, 0.1) is 0 Å². The van der Waals surface area contributed by atoms with Crippen molar-refractivity contribution in [1.29, 1.82) is 0 Å². The van der Waals surface area contributed by atoms with Crippen LogP contribution in [0.5, 0.6) is 0 Å². The molecular weight excluding hydrogens is 567 g/mol. The summed E-state index contributed by atoms with van der Waals surface area (Å²) in [6, 6.07) is 14.1. The van der Waals surface area contributed by atoms with Crippen molar-refractivity contribution in [2.24, 2.45) is 4.99 Å². The Hall–Kier alpha value is -1.73. The summed E-state index contributed by atoms with van der Waals surface area (Å²) in [5.41, 5.74) is 10.8. The van der Waals surface area contributed by atoms with Gasteiger partial charge in [-0.1, -0.05) is 0 Å². The van der Waals surface area contributed by atoms with Crippen LogP contribution in [0.2, 0.25) is 0 Å². The normalized spacial score (nSPS) is 12.6. The van der Waals surface area contributed by atoms with Crippen LogP contribution in [0.3, 0.4) is 0 Å². The van der Waals surface area contributed by atoms with E-state index in [9.17, 15) is 0 Å². The SMILES string of the molecule is CCCCCCC(=Nc1ccc(CCCC)c(CCCC)c1)C(CCCC)=[N+]([Ni])c1ccc(CCCC)c(CCCC)c1. The Balaban J connectivity index is 2.64. The third-order valence-electron chi connectivity index (χ3n) is 8.64. The molecule has 0 radical (unpaired) electrons. The van der Waals surface area contributed by atoms with E-state index in [2.05, 4.69) is 81.6 Å². The van der Waals surface area contributed by atoms with Gasteiger partial charge in [0, 0.05) is 0 Å². The molecule has 0 saturated heterocycles. The fraction of sp³-hybridized carbons (Fsp3) is 0.650. The number of hydrogen-bond acceptors (Lipinski definition) is 1. The molecule has 0 atom stereocenters. The molecule has 243 valence electrons. The molecule has 0 bridgehead atoms. The molecule has 3 heteroatoms. The number of rotatable bonds is 23. The monoisotopic (exact) mass is 630 g/mol. The van der Waals surface area contributed by atoms with Crippen molar-refractivity contribution in [2.75, 3.05) is 0 Å². The van der Waals surface area contributed by atoms with Gasteiger partial charge < -0.3 is 0 Å². The van der Waals surface area contributed by atoms with E-state index in [-0.39, 0.29) is 0 Å². The predicted octanol–water partition coefficient (Wildman–Crippen LogP) is 12.5. The number of aryl methyl sites for hydroxylation is 4. The molecule has 0 unspecified atom stereocenters. The van der Waals surface area contributed by atoms with Gasteiger partial charge in [0.2, 0.25) is 0 Å². The fourth-order valence-electron chi connectivity index (χ4n) is 5.81. The van der Waals surface area contributed by atoms with E-state index in [1.807, 2.05) is 0 Å². The van der Waals surface area contributed by atoms with Crippen molar-refractivity contribution < 1.29 is 19.3 Å². The van der Waals surface area contributed by atoms with Gasteiger partial charge in [0.15, 0.2) is 0 Å². The first-order valence-electron chi connectivity index (χ1n) is 18.1. The summed E-state index contributed by atoms with van der Waals surface area (Å²) in [7, 11) is 0. The number of aliphatic imine (C=N–C) groups is 1. The van der Waals surface area contributed by atoms with Crippen molar-refractivity contribution in [2.45, 2.75) is 170 Å². The predicted molar refractivity (Wildman–Crippen MR) is 188 cm³/mol. The van der Waals surface area contributed by atoms with Gasteiger partial charge in [-0.15, -0.1) is 0 Å². The maximum atomic E-state index is 5.90. The van der Waals surface area contributed by atoms with Crippen molar-refractivity contribution in [3.63, 3.8) is 0 Å². The molecule has 0 aliphatic carbocycles. The van der Waals surface area contributed by atoms with Crippen LogP contribution in [0.15, 0.2) is 41.4 Å². The standard InChI is InChI=1S/C40H64N2.Ni/c1-7-13-19-20-26-40(42-38-30-28-34(22-15-9-3)36(32-38)24-17-11-5)39(25-18-12-6)41-37-29-27-33(21-14-8-2)35(31-37)23-16-10-4;/h27-32H,7-26H2,1-6H3;/q;+1. The number of unbranched alkanes of at least 4 members (excludes halogenated alkanes) is 8. The molecular formula is C40H64N2Ni+. The van der Waals surface area contributed by atoms with Crippen LogP contribution in [0.4, 0.5) is 11.4 Å². The number of hydrogen-bond donors (Lipinski definition) is 0. The van der Waals surface area contributed by atoms with Gasteiger partial charge in [-0.3, -0.25) is 0 Å². The molecule has 0 aromatic heterocycles. The van der Waals surface area contributed by atoms with Crippen molar-refractivity contribution in [1.82, 2.24) is 0 Å². The summed E-state index contributed by atoms with van der Waals surface area (Å²) in [6.07, 6.45) is 23.8. The molecule has 2 nitrogen and oxygen atoms in total. The molecule has 2 aromatic rings. The molecule has 0 spiro atoms. The summed E-state index contributed by atoms with van der Waals surface area (Å²) in [4.78, 5) is 5.45. The minimum absolute atomic E-state index is 0.988. The van der Waals surface area contributed by atoms with Gasteiger partial charge in [-0.2, -0.15) is 0 Å². The number of benzene rings is 2. The molecule has 0 N–H and O–H groups in total. The van der Waals surface area contributed by atoms with Crippen molar-refractivity contribution >= 4 is 22.8 Å². The van der Waals surface area contributed by atoms with E-state index in [0.29, 0.717) is 0 Å². The van der Waals surface area contributed by atoms with Gasteiger partial charge in [0.25, 0.3) is 0 Å². The van der Waals surface area contributed by atoms with E-state index < -0.39 is 0 Å². The van der Waals surface area contributed by atoms with E-state index in [1.165, 1.54) is 124 Å². The van der Waals surface area contributed by atoms with Gasteiger partial charge in [-0.25, -0.2) is 0 Å². The zero-order valence-electron chi connectivity index (χ0n) is 28.8. The fourth-order valence-corrected chi connectivity index (χ4v) is 6.19. The van der Waals surface area contributed by atoms with Crippen LogP contribution in [0.25, 0.3) is 0 Å². The van der Waals surface area contributed by atoms with Crippen LogP contribution in [0.1, 0.15) is 167 Å². The Morgan fingerprint density at radius 3 is 1.60 bits per heavy atom. The quantitative estimate of drug-likeness (QED) is 0.0659. The molecule has 2 rings (SSSR count). The number of nitrogens with zero attached hydrogens (tertiary/aromatic N) is 2. The molecule has 43 heavy (non-hydrogen) atoms. The van der Waals surface area contributed by atoms with Crippen molar-refractivity contribution in [3.8, 4) is 0 Å². The molecule has 0 fully saturated rings. The average Bonchev–Trinajstić information content (AvgIpc) is 3.03. The molecule has 0 saturated carbocycles. The van der Waals surface area contributed by atoms with E-state index in [1.54, 1.807) is 0 Å². The Bertz CT molecular complexity index is 1110. The van der Waals surface area contributed by atoms with E-state index in [4.69, 9.17) is 20.7 Å². The summed E-state index contributed by atoms with van der Waals surface area (Å²) in [5.74, 6) is 0. The third-order valence-corrected chi connectivity index (χ3v) is 9.16. The maximum absolute atomic E-state index is 5.90. The Kier molecular flexibility index (Phi) is 19.8. The first-order valence-corrected chi connectivity index (χ1v) is 18.6. The summed E-state index contributed by atoms with van der Waals surface area (Å²) in [5, 5.41) is 0. The Labute approximate surface area is 274 Å². The van der Waals surface area contributed by atoms with E-state index in [0.717, 1.165) is 49.9 Å². The van der Waals surface area contributed by atoms with Crippen LogP contribution in [-0.2, 0) is 41.4 Å². The zero-order valence-corrected chi connectivity index (χ0v) is 29.8. The molecule has 0 heterocycles. The molecule has 0 aliphatic heterocycles. The van der Waals surface area contributed by atoms with Gasteiger partial charge in [0.1, 0.15) is 0 Å². The van der Waals surface area contributed by atoms with Gasteiger partial charge in [-0.05, 0) is 0 Å². The van der Waals surface area contributed by atoms with Gasteiger partial charge in [0.05, 0.1) is 0 Å². The second-order valence-corrected chi connectivity index (χ2v) is 12.9. The summed E-state index contributed by atoms with van der Waals surface area (Å²) in [6.45, 7) is 13.7. The van der Waals surface area contributed by atoms with Gasteiger partial charge >= 0.3 is 276 Å². The zero-order chi connectivity index (χ0) is 31.3. The second-order valence-electron chi connectivity index (χ2n) is 12.5. The Morgan fingerprint density at radius 2 is 1.05 bits per heavy atom. The first-order chi connectivity index (χ1) is 21.0. The van der Waals surface area contributed by atoms with E-state index >= 15 is 0 Å². The average molecular weight is 632 g/mol. The minimum atomic E-state index is 0.988. The molecule has 2 aromatic carbocycles. The first kappa shape index (κ1) is 37.5.